The maximum Gasteiger partial charge on any atom is 0.262 e. The number of amides is 2. The summed E-state index contributed by atoms with van der Waals surface area (Å²) >= 11 is 6.09. The number of hydrogen-bond donors (Lipinski definition) is 2. The van der Waals surface area contributed by atoms with Crippen molar-refractivity contribution >= 4 is 57.5 Å². The summed E-state index contributed by atoms with van der Waals surface area (Å²) in [6.07, 6.45) is 9.09. The molecule has 352 valence electrons. The Hall–Kier alpha value is -6.92. The van der Waals surface area contributed by atoms with Crippen molar-refractivity contribution in [3.05, 3.63) is 150 Å². The van der Waals surface area contributed by atoms with Crippen LogP contribution in [0, 0.1) is 6.92 Å². The van der Waals surface area contributed by atoms with Gasteiger partial charge in [0.25, 0.3) is 11.8 Å². The van der Waals surface area contributed by atoms with Crippen LogP contribution in [0.15, 0.2) is 72.8 Å². The SMILES string of the molecule is COc1ccc2c(c1)c(CC(=O)NCCCCNC(=O)c1ccc(C3=c4cc5c6c(c4Oc4c3cc3c7c4CCCN7CCC3)CCC[N+]=6CCC5)c(C(=O)[O-])c1)c(C)n2C(=O)c1ccc(Cl)cc1. The van der Waals surface area contributed by atoms with Crippen molar-refractivity contribution in [2.45, 2.75) is 77.6 Å². The van der Waals surface area contributed by atoms with Gasteiger partial charge in [0.2, 0.25) is 11.3 Å². The van der Waals surface area contributed by atoms with Gasteiger partial charge in [-0.05, 0) is 142 Å². The molecule has 0 bridgehead atoms. The second kappa shape index (κ2) is 18.2. The molecule has 6 heterocycles. The van der Waals surface area contributed by atoms with Crippen LogP contribution in [-0.2, 0) is 36.9 Å². The predicted molar refractivity (Wildman–Crippen MR) is 264 cm³/mol. The van der Waals surface area contributed by atoms with E-state index in [4.69, 9.17) is 21.1 Å². The number of aryl methyl sites for hydroxylation is 2. The number of nitrogens with one attached hydrogen (secondary N) is 2. The molecule has 0 fully saturated rings. The van der Waals surface area contributed by atoms with E-state index >= 15 is 0 Å². The monoisotopic (exact) mass is 943 g/mol. The molecule has 12 nitrogen and oxygen atoms in total. The zero-order chi connectivity index (χ0) is 47.5. The second-order valence-corrected chi connectivity index (χ2v) is 19.4. The molecule has 0 saturated heterocycles. The summed E-state index contributed by atoms with van der Waals surface area (Å²) in [4.78, 5) is 56.5. The number of ether oxygens (including phenoxy) is 2. The number of aromatic nitrogens is 1. The van der Waals surface area contributed by atoms with Gasteiger partial charge < -0.3 is 34.9 Å². The van der Waals surface area contributed by atoms with Crippen LogP contribution in [0.4, 0.5) is 5.69 Å². The lowest BCUT2D eigenvalue weighted by Crippen LogP contribution is -2.45. The number of carboxylic acids is 1. The number of carbonyl (C=O) groups excluding carboxylic acids is 4. The fourth-order valence-electron chi connectivity index (χ4n) is 11.7. The van der Waals surface area contributed by atoms with Crippen molar-refractivity contribution in [3.8, 4) is 17.2 Å². The molecule has 5 aliphatic heterocycles. The molecule has 2 amide bonds. The van der Waals surface area contributed by atoms with Crippen LogP contribution < -0.4 is 45.3 Å². The topological polar surface area (TPSA) is 145 Å². The van der Waals surface area contributed by atoms with Crippen LogP contribution in [0.1, 0.15) is 114 Å². The molecular weight excluding hydrogens is 890 g/mol. The zero-order valence-corrected chi connectivity index (χ0v) is 39.8. The summed E-state index contributed by atoms with van der Waals surface area (Å²) in [5, 5.41) is 22.7. The number of unbranched alkanes of at least 4 members (excludes halogenated alkanes) is 1. The number of carboxylic acid groups (broad SMARTS) is 1. The Morgan fingerprint density at radius 2 is 1.51 bits per heavy atom. The lowest BCUT2D eigenvalue weighted by atomic mass is 9.81. The third-order valence-electron chi connectivity index (χ3n) is 14.8. The number of nitrogens with zero attached hydrogens (tertiary/aromatic N) is 3. The van der Waals surface area contributed by atoms with Crippen LogP contribution >= 0.6 is 11.6 Å². The Kier molecular flexibility index (Phi) is 11.8. The van der Waals surface area contributed by atoms with E-state index in [1.807, 2.05) is 19.1 Å². The Labute approximate surface area is 405 Å². The number of fused-ring (bicyclic) bond motifs is 5. The van der Waals surface area contributed by atoms with Crippen molar-refractivity contribution in [3.63, 3.8) is 0 Å². The number of methoxy groups -OCH3 is 1. The highest BCUT2D eigenvalue weighted by atomic mass is 35.5. The van der Waals surface area contributed by atoms with Gasteiger partial charge in [-0.15, -0.1) is 0 Å². The molecule has 6 aromatic rings. The Bertz CT molecular complexity index is 3290. The van der Waals surface area contributed by atoms with Gasteiger partial charge in [0.15, 0.2) is 0 Å². The summed E-state index contributed by atoms with van der Waals surface area (Å²) in [5.41, 5.74) is 11.2. The largest absolute Gasteiger partial charge is 0.545 e. The number of benzene rings is 5. The van der Waals surface area contributed by atoms with Crippen molar-refractivity contribution < 1.29 is 33.8 Å². The maximum absolute atomic E-state index is 13.7. The number of carbonyl (C=O) groups is 4. The molecule has 11 rings (SSSR count). The smallest absolute Gasteiger partial charge is 0.262 e. The third-order valence-corrected chi connectivity index (χ3v) is 15.1. The highest BCUT2D eigenvalue weighted by Crippen LogP contribution is 2.49. The van der Waals surface area contributed by atoms with E-state index in [2.05, 4.69) is 32.2 Å². The van der Waals surface area contributed by atoms with Gasteiger partial charge >= 0.3 is 0 Å². The molecule has 13 heteroatoms. The highest BCUT2D eigenvalue weighted by Gasteiger charge is 2.36. The van der Waals surface area contributed by atoms with Crippen molar-refractivity contribution in [1.82, 2.24) is 19.8 Å². The van der Waals surface area contributed by atoms with Crippen molar-refractivity contribution in [2.24, 2.45) is 0 Å². The first kappa shape index (κ1) is 44.6. The second-order valence-electron chi connectivity index (χ2n) is 19.0. The molecule has 0 unspecified atom stereocenters. The van der Waals surface area contributed by atoms with Crippen molar-refractivity contribution in [1.29, 1.82) is 0 Å². The van der Waals surface area contributed by atoms with Gasteiger partial charge in [-0.1, -0.05) is 17.7 Å². The number of halogens is 1. The fraction of sp³-hybridized carbons (Fsp3) is 0.339. The zero-order valence-electron chi connectivity index (χ0n) is 39.0. The normalized spacial score (nSPS) is 15.4. The minimum Gasteiger partial charge on any atom is -0.545 e. The Morgan fingerprint density at radius 3 is 2.29 bits per heavy atom. The molecule has 2 N–H and O–H groups in total. The average molecular weight is 945 g/mol. The molecule has 0 saturated carbocycles. The predicted octanol–water partition coefficient (Wildman–Crippen LogP) is 5.97. The number of hydrogen-bond acceptors (Lipinski definition) is 8. The fourth-order valence-corrected chi connectivity index (χ4v) is 11.8. The molecule has 0 atom stereocenters. The first-order valence-corrected chi connectivity index (χ1v) is 24.8. The molecule has 5 aromatic carbocycles. The molecule has 0 aliphatic carbocycles. The van der Waals surface area contributed by atoms with Crippen molar-refractivity contribution in [2.75, 3.05) is 51.3 Å². The number of rotatable bonds is 12. The van der Waals surface area contributed by atoms with E-state index in [1.165, 1.54) is 39.4 Å². The first-order chi connectivity index (χ1) is 33.6. The Morgan fingerprint density at radius 1 is 0.783 bits per heavy atom. The van der Waals surface area contributed by atoms with Crippen LogP contribution in [-0.4, -0.2) is 74.6 Å². The van der Waals surface area contributed by atoms with Gasteiger partial charge in [-0.3, -0.25) is 19.0 Å². The van der Waals surface area contributed by atoms with Gasteiger partial charge in [-0.2, -0.15) is 0 Å². The van der Waals surface area contributed by atoms with E-state index in [9.17, 15) is 24.3 Å². The molecule has 0 radical (unpaired) electrons. The average Bonchev–Trinajstić information content (AvgIpc) is 3.63. The third kappa shape index (κ3) is 7.92. The molecule has 0 spiro atoms. The lowest BCUT2D eigenvalue weighted by molar-refractivity contribution is -0.255. The quantitative estimate of drug-likeness (QED) is 0.113. The van der Waals surface area contributed by atoms with Gasteiger partial charge in [0.05, 0.1) is 30.6 Å². The first-order valence-electron chi connectivity index (χ1n) is 24.4. The van der Waals surface area contributed by atoms with E-state index in [1.54, 1.807) is 54.1 Å². The summed E-state index contributed by atoms with van der Waals surface area (Å²) < 4.78 is 16.8. The standard InChI is InChI=1S/C56H54ClN5O7/c1-32-42(43-30-38(68-2)18-20-47(43)62(32)55(65)33-13-16-37(57)17-14-33)31-48(63)58-21-3-4-22-59-54(64)36-15-19-39(44(29-36)56(66)67)49-45-27-34-9-5-23-60-25-7-11-40(50(34)60)52(45)69-53-41-12-8-26-61-24-6-10-35(51(41)61)28-46(49)53/h13-20,27-30H,3-12,21-26,31H2,1-2H3,(H2-,58,59,63,64,66,67). The summed E-state index contributed by atoms with van der Waals surface area (Å²) in [5.74, 6) is 0.110. The van der Waals surface area contributed by atoms with Crippen LogP contribution in [0.25, 0.3) is 16.5 Å². The van der Waals surface area contributed by atoms with Crippen LogP contribution in [0.5, 0.6) is 17.2 Å². The molecular formula is C56H54ClN5O7. The van der Waals surface area contributed by atoms with Gasteiger partial charge in [0.1, 0.15) is 30.3 Å². The molecule has 69 heavy (non-hydrogen) atoms. The lowest BCUT2D eigenvalue weighted by Gasteiger charge is -2.39. The molecule has 5 aliphatic rings. The number of anilines is 1. The summed E-state index contributed by atoms with van der Waals surface area (Å²) in [6.45, 7) is 6.63. The van der Waals surface area contributed by atoms with Crippen LogP contribution in [0.2, 0.25) is 5.02 Å². The minimum absolute atomic E-state index is 0.0358. The minimum atomic E-state index is -1.35. The van der Waals surface area contributed by atoms with Crippen LogP contribution in [0.3, 0.4) is 0 Å². The summed E-state index contributed by atoms with van der Waals surface area (Å²) in [6, 6.07) is 21.6. The van der Waals surface area contributed by atoms with E-state index < -0.39 is 11.9 Å². The van der Waals surface area contributed by atoms with E-state index in [-0.39, 0.29) is 29.4 Å². The maximum atomic E-state index is 13.7. The highest BCUT2D eigenvalue weighted by molar-refractivity contribution is 6.30. The van der Waals surface area contributed by atoms with E-state index in [0.717, 1.165) is 116 Å². The Balaban J connectivity index is 0.812. The summed E-state index contributed by atoms with van der Waals surface area (Å²) in [7, 11) is 1.57. The van der Waals surface area contributed by atoms with Gasteiger partial charge in [0, 0.05) is 105 Å². The van der Waals surface area contributed by atoms with E-state index in [0.29, 0.717) is 59.0 Å². The molecule has 1 aromatic heterocycles. The number of aromatic carboxylic acids is 1. The van der Waals surface area contributed by atoms with Gasteiger partial charge in [-0.25, -0.2) is 4.58 Å².